The molecule has 0 fully saturated rings. The maximum atomic E-state index is 11.1. The number of nitrogens with zero attached hydrogens (tertiary/aromatic N) is 3. The van der Waals surface area contributed by atoms with Crippen LogP contribution in [-0.2, 0) is 6.42 Å². The first-order chi connectivity index (χ1) is 6.59. The van der Waals surface area contributed by atoms with Crippen LogP contribution in [0.1, 0.15) is 10.0 Å². The molecule has 1 aromatic rings. The van der Waals surface area contributed by atoms with Crippen LogP contribution in [0.4, 0.5) is 4.79 Å². The Morgan fingerprint density at radius 3 is 2.71 bits per heavy atom. The highest BCUT2D eigenvalue weighted by molar-refractivity contribution is 7.11. The summed E-state index contributed by atoms with van der Waals surface area (Å²) in [6.07, 6.45) is 0.741. The molecule has 0 saturated heterocycles. The van der Waals surface area contributed by atoms with Crippen molar-refractivity contribution < 1.29 is 4.79 Å². The van der Waals surface area contributed by atoms with Crippen molar-refractivity contribution >= 4 is 17.4 Å². The Morgan fingerprint density at radius 2 is 2.21 bits per heavy atom. The molecule has 1 aromatic heterocycles. The predicted molar refractivity (Wildman–Crippen MR) is 55.4 cm³/mol. The highest BCUT2D eigenvalue weighted by Crippen LogP contribution is 2.07. The van der Waals surface area contributed by atoms with Gasteiger partial charge < -0.3 is 10.2 Å². The summed E-state index contributed by atoms with van der Waals surface area (Å²) in [5.74, 6) is 0. The third kappa shape index (κ3) is 3.29. The van der Waals surface area contributed by atoms with Crippen molar-refractivity contribution in [2.75, 3.05) is 20.6 Å². The zero-order chi connectivity index (χ0) is 10.6. The number of rotatable bonds is 3. The lowest BCUT2D eigenvalue weighted by atomic mass is 10.4. The fourth-order valence-corrected chi connectivity index (χ4v) is 1.58. The molecular weight excluding hydrogens is 200 g/mol. The van der Waals surface area contributed by atoms with E-state index in [-0.39, 0.29) is 6.03 Å². The van der Waals surface area contributed by atoms with Gasteiger partial charge in [0, 0.05) is 27.1 Å². The molecule has 0 radical (unpaired) electrons. The highest BCUT2D eigenvalue weighted by atomic mass is 32.1. The molecule has 0 unspecified atom stereocenters. The van der Waals surface area contributed by atoms with Crippen LogP contribution >= 0.6 is 11.3 Å². The Labute approximate surface area is 87.1 Å². The quantitative estimate of drug-likeness (QED) is 0.804. The van der Waals surface area contributed by atoms with E-state index in [1.165, 1.54) is 4.90 Å². The molecule has 0 atom stereocenters. The third-order valence-corrected chi connectivity index (χ3v) is 2.49. The van der Waals surface area contributed by atoms with Gasteiger partial charge in [-0.25, -0.2) is 4.79 Å². The van der Waals surface area contributed by atoms with Crippen molar-refractivity contribution in [1.82, 2.24) is 20.4 Å². The van der Waals surface area contributed by atoms with Crippen molar-refractivity contribution in [3.05, 3.63) is 10.0 Å². The van der Waals surface area contributed by atoms with Crippen LogP contribution in [-0.4, -0.2) is 41.8 Å². The Balaban J connectivity index is 2.25. The fraction of sp³-hybridized carbons (Fsp3) is 0.625. The number of carbonyl (C=O) groups excluding carboxylic acids is 1. The summed E-state index contributed by atoms with van der Waals surface area (Å²) in [4.78, 5) is 12.6. The lowest BCUT2D eigenvalue weighted by Crippen LogP contribution is -2.35. The van der Waals surface area contributed by atoms with E-state index < -0.39 is 0 Å². The number of carbonyl (C=O) groups is 1. The molecular formula is C8H14N4OS. The van der Waals surface area contributed by atoms with Crippen LogP contribution in [0, 0.1) is 6.92 Å². The van der Waals surface area contributed by atoms with Crippen LogP contribution < -0.4 is 5.32 Å². The molecule has 1 heterocycles. The number of hydrogen-bond acceptors (Lipinski definition) is 4. The van der Waals surface area contributed by atoms with Crippen molar-refractivity contribution in [1.29, 1.82) is 0 Å². The Bertz CT molecular complexity index is 310. The standard InChI is InChI=1S/C8H14N4OS/c1-6-10-11-7(14-6)4-5-9-8(13)12(2)3/h4-5H2,1-3H3,(H,9,13). The predicted octanol–water partition coefficient (Wildman–Crippen LogP) is 0.660. The van der Waals surface area contributed by atoms with Crippen LogP contribution in [0.2, 0.25) is 0 Å². The Kier molecular flexibility index (Phi) is 3.82. The number of urea groups is 1. The fourth-order valence-electron chi connectivity index (χ4n) is 0.873. The summed E-state index contributed by atoms with van der Waals surface area (Å²) < 4.78 is 0. The van der Waals surface area contributed by atoms with Crippen molar-refractivity contribution in [2.24, 2.45) is 0 Å². The first kappa shape index (κ1) is 10.9. The van der Waals surface area contributed by atoms with Gasteiger partial charge in [-0.2, -0.15) is 0 Å². The van der Waals surface area contributed by atoms with Gasteiger partial charge in [0.15, 0.2) is 0 Å². The first-order valence-corrected chi connectivity index (χ1v) is 5.15. The first-order valence-electron chi connectivity index (χ1n) is 4.33. The van der Waals surface area contributed by atoms with Gasteiger partial charge in [-0.15, -0.1) is 21.5 Å². The van der Waals surface area contributed by atoms with Gasteiger partial charge in [0.2, 0.25) is 0 Å². The summed E-state index contributed by atoms with van der Waals surface area (Å²) in [7, 11) is 3.43. The number of aryl methyl sites for hydroxylation is 1. The van der Waals surface area contributed by atoms with Crippen LogP contribution in [0.3, 0.4) is 0 Å². The van der Waals surface area contributed by atoms with E-state index in [1.54, 1.807) is 25.4 Å². The van der Waals surface area contributed by atoms with E-state index in [2.05, 4.69) is 15.5 Å². The molecule has 2 amide bonds. The molecule has 0 saturated carbocycles. The molecule has 0 aliphatic carbocycles. The summed E-state index contributed by atoms with van der Waals surface area (Å²) in [6.45, 7) is 2.52. The highest BCUT2D eigenvalue weighted by Gasteiger charge is 2.03. The lowest BCUT2D eigenvalue weighted by Gasteiger charge is -2.10. The largest absolute Gasteiger partial charge is 0.338 e. The minimum absolute atomic E-state index is 0.0776. The summed E-state index contributed by atoms with van der Waals surface area (Å²) in [5, 5.41) is 12.5. The average molecular weight is 214 g/mol. The normalized spacial score (nSPS) is 9.93. The molecule has 78 valence electrons. The maximum absolute atomic E-state index is 11.1. The summed E-state index contributed by atoms with van der Waals surface area (Å²) in [5.41, 5.74) is 0. The maximum Gasteiger partial charge on any atom is 0.316 e. The Morgan fingerprint density at radius 1 is 1.50 bits per heavy atom. The van der Waals surface area contributed by atoms with E-state index >= 15 is 0 Å². The molecule has 0 aliphatic heterocycles. The second-order valence-electron chi connectivity index (χ2n) is 3.09. The molecule has 0 aromatic carbocycles. The molecule has 0 spiro atoms. The molecule has 1 N–H and O–H groups in total. The molecule has 0 bridgehead atoms. The molecule has 14 heavy (non-hydrogen) atoms. The second-order valence-corrected chi connectivity index (χ2v) is 4.36. The van der Waals surface area contributed by atoms with Gasteiger partial charge in [-0.3, -0.25) is 0 Å². The van der Waals surface area contributed by atoms with Crippen LogP contribution in [0.5, 0.6) is 0 Å². The molecule has 1 rings (SSSR count). The molecule has 0 aliphatic rings. The van der Waals surface area contributed by atoms with Gasteiger partial charge >= 0.3 is 6.03 Å². The van der Waals surface area contributed by atoms with Crippen LogP contribution in [0.15, 0.2) is 0 Å². The number of hydrogen-bond donors (Lipinski definition) is 1. The zero-order valence-corrected chi connectivity index (χ0v) is 9.39. The minimum Gasteiger partial charge on any atom is -0.338 e. The van der Waals surface area contributed by atoms with Crippen LogP contribution in [0.25, 0.3) is 0 Å². The SMILES string of the molecule is Cc1nnc(CCNC(=O)N(C)C)s1. The van der Waals surface area contributed by atoms with E-state index in [4.69, 9.17) is 0 Å². The number of aromatic nitrogens is 2. The van der Waals surface area contributed by atoms with E-state index in [1.807, 2.05) is 6.92 Å². The van der Waals surface area contributed by atoms with Crippen molar-refractivity contribution in [3.63, 3.8) is 0 Å². The van der Waals surface area contributed by atoms with Gasteiger partial charge in [0.1, 0.15) is 10.0 Å². The van der Waals surface area contributed by atoms with Crippen molar-refractivity contribution in [3.8, 4) is 0 Å². The third-order valence-electron chi connectivity index (χ3n) is 1.59. The average Bonchev–Trinajstić information content (AvgIpc) is 2.51. The van der Waals surface area contributed by atoms with Gasteiger partial charge in [0.05, 0.1) is 0 Å². The summed E-state index contributed by atoms with van der Waals surface area (Å²) >= 11 is 1.56. The number of nitrogens with one attached hydrogen (secondary N) is 1. The van der Waals surface area contributed by atoms with Gasteiger partial charge in [-0.1, -0.05) is 0 Å². The van der Waals surface area contributed by atoms with E-state index in [0.717, 1.165) is 16.4 Å². The topological polar surface area (TPSA) is 58.1 Å². The Hall–Kier alpha value is -1.17. The second kappa shape index (κ2) is 4.90. The van der Waals surface area contributed by atoms with E-state index in [0.29, 0.717) is 6.54 Å². The minimum atomic E-state index is -0.0776. The van der Waals surface area contributed by atoms with Crippen molar-refractivity contribution in [2.45, 2.75) is 13.3 Å². The number of amides is 2. The monoisotopic (exact) mass is 214 g/mol. The van der Waals surface area contributed by atoms with E-state index in [9.17, 15) is 4.79 Å². The van der Waals surface area contributed by atoms with Gasteiger partial charge in [-0.05, 0) is 6.92 Å². The smallest absolute Gasteiger partial charge is 0.316 e. The van der Waals surface area contributed by atoms with Gasteiger partial charge in [0.25, 0.3) is 0 Å². The summed E-state index contributed by atoms with van der Waals surface area (Å²) in [6, 6.07) is -0.0776. The lowest BCUT2D eigenvalue weighted by molar-refractivity contribution is 0.217. The molecule has 6 heteroatoms. The molecule has 5 nitrogen and oxygen atoms in total. The zero-order valence-electron chi connectivity index (χ0n) is 8.57.